The van der Waals surface area contributed by atoms with Crippen molar-refractivity contribution in [2.45, 2.75) is 6.67 Å². The Morgan fingerprint density at radius 1 is 1.46 bits per heavy atom. The van der Waals surface area contributed by atoms with Crippen LogP contribution in [0.3, 0.4) is 0 Å². The lowest BCUT2D eigenvalue weighted by Crippen LogP contribution is -2.23. The number of aromatic amines is 2. The summed E-state index contributed by atoms with van der Waals surface area (Å²) in [6.45, 7) is 0.163. The van der Waals surface area contributed by atoms with Gasteiger partial charge in [0.05, 0.1) is 13.0 Å². The van der Waals surface area contributed by atoms with Gasteiger partial charge in [-0.2, -0.15) is 0 Å². The molecule has 0 atom stereocenters. The maximum atomic E-state index is 11.1. The maximum absolute atomic E-state index is 11.1. The van der Waals surface area contributed by atoms with Gasteiger partial charge in [-0.3, -0.25) is 14.8 Å². The molecule has 0 aromatic carbocycles. The van der Waals surface area contributed by atoms with Crippen molar-refractivity contribution < 1.29 is 0 Å². The van der Waals surface area contributed by atoms with Crippen LogP contribution in [-0.2, 0) is 6.67 Å². The molecule has 0 amide bonds. The van der Waals surface area contributed by atoms with Gasteiger partial charge < -0.3 is 10.3 Å². The Balaban J connectivity index is 2.98. The summed E-state index contributed by atoms with van der Waals surface area (Å²) in [7, 11) is 0. The second-order valence-corrected chi connectivity index (χ2v) is 2.50. The van der Waals surface area contributed by atoms with Gasteiger partial charge in [-0.15, -0.1) is 0 Å². The van der Waals surface area contributed by atoms with Crippen molar-refractivity contribution in [3.8, 4) is 0 Å². The predicted octanol–water partition coefficient (Wildman–Crippen LogP) is -1.67. The third kappa shape index (κ3) is 1.05. The molecule has 68 valence electrons. The van der Waals surface area contributed by atoms with E-state index >= 15 is 0 Å². The number of nitrogens with zero attached hydrogens (tertiary/aromatic N) is 2. The quantitative estimate of drug-likeness (QED) is 0.488. The fourth-order valence-electron chi connectivity index (χ4n) is 1.12. The SMILES string of the molecule is NCn1cnc2c(=O)[nH]c(=O)[nH]c21. The summed E-state index contributed by atoms with van der Waals surface area (Å²) in [6.07, 6.45) is 1.40. The van der Waals surface area contributed by atoms with E-state index < -0.39 is 11.2 Å². The monoisotopic (exact) mass is 181 g/mol. The molecule has 2 aromatic heterocycles. The predicted molar refractivity (Wildman–Crippen MR) is 45.2 cm³/mol. The van der Waals surface area contributed by atoms with Crippen molar-refractivity contribution in [3.05, 3.63) is 27.2 Å². The summed E-state index contributed by atoms with van der Waals surface area (Å²) in [6, 6.07) is 0. The summed E-state index contributed by atoms with van der Waals surface area (Å²) in [5.74, 6) is 0. The molecule has 7 heteroatoms. The minimum absolute atomic E-state index is 0.163. The van der Waals surface area contributed by atoms with Crippen molar-refractivity contribution in [2.75, 3.05) is 0 Å². The fourth-order valence-corrected chi connectivity index (χ4v) is 1.12. The lowest BCUT2D eigenvalue weighted by Gasteiger charge is -1.95. The van der Waals surface area contributed by atoms with E-state index in [1.54, 1.807) is 0 Å². The summed E-state index contributed by atoms with van der Waals surface area (Å²) in [4.78, 5) is 30.3. The van der Waals surface area contributed by atoms with Crippen LogP contribution in [0.5, 0.6) is 0 Å². The molecular formula is C6H7N5O2. The minimum atomic E-state index is -0.562. The standard InChI is InChI=1S/C6H7N5O2/c7-1-11-2-8-3-4(11)9-6(13)10-5(3)12/h2H,1,7H2,(H2,9,10,12,13). The first kappa shape index (κ1) is 7.74. The lowest BCUT2D eigenvalue weighted by molar-refractivity contribution is 0.744. The van der Waals surface area contributed by atoms with Gasteiger partial charge in [0.25, 0.3) is 5.56 Å². The van der Waals surface area contributed by atoms with Crippen LogP contribution >= 0.6 is 0 Å². The molecule has 7 nitrogen and oxygen atoms in total. The molecule has 0 radical (unpaired) electrons. The lowest BCUT2D eigenvalue weighted by atomic mass is 10.5. The van der Waals surface area contributed by atoms with E-state index in [2.05, 4.69) is 15.0 Å². The Labute approximate surface area is 71.2 Å². The third-order valence-corrected chi connectivity index (χ3v) is 1.71. The fraction of sp³-hybridized carbons (Fsp3) is 0.167. The van der Waals surface area contributed by atoms with Gasteiger partial charge >= 0.3 is 5.69 Å². The van der Waals surface area contributed by atoms with E-state index in [-0.39, 0.29) is 12.2 Å². The Morgan fingerprint density at radius 3 is 2.92 bits per heavy atom. The first-order valence-electron chi connectivity index (χ1n) is 3.60. The Bertz CT molecular complexity index is 548. The molecule has 2 aromatic rings. The van der Waals surface area contributed by atoms with Gasteiger partial charge in [0, 0.05) is 0 Å². The van der Waals surface area contributed by atoms with Gasteiger partial charge in [-0.25, -0.2) is 9.78 Å². The highest BCUT2D eigenvalue weighted by Gasteiger charge is 2.05. The molecule has 0 aliphatic carbocycles. The Kier molecular flexibility index (Phi) is 1.52. The number of aromatic nitrogens is 4. The molecule has 0 aliphatic rings. The van der Waals surface area contributed by atoms with E-state index in [9.17, 15) is 9.59 Å². The van der Waals surface area contributed by atoms with Crippen molar-refractivity contribution in [1.82, 2.24) is 19.5 Å². The molecule has 0 fully saturated rings. The molecule has 0 saturated carbocycles. The highest BCUT2D eigenvalue weighted by atomic mass is 16.2. The van der Waals surface area contributed by atoms with Crippen molar-refractivity contribution in [1.29, 1.82) is 0 Å². The maximum Gasteiger partial charge on any atom is 0.327 e. The number of hydrogen-bond acceptors (Lipinski definition) is 4. The number of fused-ring (bicyclic) bond motifs is 1. The van der Waals surface area contributed by atoms with E-state index in [0.29, 0.717) is 5.65 Å². The van der Waals surface area contributed by atoms with Crippen LogP contribution in [0.2, 0.25) is 0 Å². The number of hydrogen-bond donors (Lipinski definition) is 3. The van der Waals surface area contributed by atoms with Crippen molar-refractivity contribution >= 4 is 11.2 Å². The highest BCUT2D eigenvalue weighted by Crippen LogP contribution is 1.99. The van der Waals surface area contributed by atoms with E-state index in [1.165, 1.54) is 10.9 Å². The topological polar surface area (TPSA) is 110 Å². The van der Waals surface area contributed by atoms with Gasteiger partial charge in [-0.1, -0.05) is 0 Å². The number of nitrogens with two attached hydrogens (primary N) is 1. The Morgan fingerprint density at radius 2 is 2.23 bits per heavy atom. The zero-order chi connectivity index (χ0) is 9.42. The molecule has 13 heavy (non-hydrogen) atoms. The summed E-state index contributed by atoms with van der Waals surface area (Å²) >= 11 is 0. The van der Waals surface area contributed by atoms with Crippen LogP contribution in [0.4, 0.5) is 0 Å². The second kappa shape index (κ2) is 2.56. The summed E-state index contributed by atoms with van der Waals surface area (Å²) < 4.78 is 1.48. The molecule has 2 heterocycles. The molecule has 0 saturated heterocycles. The van der Waals surface area contributed by atoms with Gasteiger partial charge in [0.2, 0.25) is 0 Å². The molecule has 2 rings (SSSR count). The first-order chi connectivity index (χ1) is 6.22. The smallest absolute Gasteiger partial charge is 0.314 e. The first-order valence-corrected chi connectivity index (χ1v) is 3.60. The van der Waals surface area contributed by atoms with Gasteiger partial charge in [0.1, 0.15) is 5.65 Å². The number of H-pyrrole nitrogens is 2. The number of nitrogens with one attached hydrogen (secondary N) is 2. The van der Waals surface area contributed by atoms with E-state index in [4.69, 9.17) is 5.73 Å². The van der Waals surface area contributed by atoms with E-state index in [1.807, 2.05) is 0 Å². The number of rotatable bonds is 1. The largest absolute Gasteiger partial charge is 0.327 e. The molecule has 4 N–H and O–H groups in total. The minimum Gasteiger partial charge on any atom is -0.314 e. The van der Waals surface area contributed by atoms with Crippen LogP contribution in [0.1, 0.15) is 0 Å². The summed E-state index contributed by atoms with van der Waals surface area (Å²) in [5.41, 5.74) is 4.81. The van der Waals surface area contributed by atoms with Crippen molar-refractivity contribution in [3.63, 3.8) is 0 Å². The van der Waals surface area contributed by atoms with E-state index in [0.717, 1.165) is 0 Å². The van der Waals surface area contributed by atoms with Crippen LogP contribution in [0.15, 0.2) is 15.9 Å². The molecular weight excluding hydrogens is 174 g/mol. The third-order valence-electron chi connectivity index (χ3n) is 1.71. The van der Waals surface area contributed by atoms with Crippen LogP contribution in [-0.4, -0.2) is 19.5 Å². The van der Waals surface area contributed by atoms with Crippen LogP contribution in [0.25, 0.3) is 11.2 Å². The zero-order valence-corrected chi connectivity index (χ0v) is 6.57. The summed E-state index contributed by atoms with van der Waals surface area (Å²) in [5, 5.41) is 0. The number of imidazole rings is 1. The normalized spacial score (nSPS) is 10.8. The Hall–Kier alpha value is -1.89. The molecule has 0 bridgehead atoms. The second-order valence-electron chi connectivity index (χ2n) is 2.50. The average molecular weight is 181 g/mol. The van der Waals surface area contributed by atoms with Gasteiger partial charge in [0.15, 0.2) is 5.52 Å². The van der Waals surface area contributed by atoms with Gasteiger partial charge in [-0.05, 0) is 0 Å². The van der Waals surface area contributed by atoms with Crippen molar-refractivity contribution in [2.24, 2.45) is 5.73 Å². The zero-order valence-electron chi connectivity index (χ0n) is 6.57. The molecule has 0 spiro atoms. The average Bonchev–Trinajstić information content (AvgIpc) is 2.47. The molecule has 0 aliphatic heterocycles. The van der Waals surface area contributed by atoms with Crippen LogP contribution in [0, 0.1) is 0 Å². The van der Waals surface area contributed by atoms with Crippen LogP contribution < -0.4 is 17.0 Å². The molecule has 0 unspecified atom stereocenters. The highest BCUT2D eigenvalue weighted by molar-refractivity contribution is 5.68.